The summed E-state index contributed by atoms with van der Waals surface area (Å²) in [6, 6.07) is 7.64. The Morgan fingerprint density at radius 2 is 1.83 bits per heavy atom. The number of carbonyl (C=O) groups is 2. The summed E-state index contributed by atoms with van der Waals surface area (Å²) < 4.78 is 10.1. The Bertz CT molecular complexity index is 823. The molecule has 118 valence electrons. The minimum Gasteiger partial charge on any atom is -0.618 e. The molecule has 0 saturated heterocycles. The van der Waals surface area contributed by atoms with Gasteiger partial charge in [-0.15, -0.1) is 0 Å². The SMILES string of the molecule is CCOC(=O)c1cc2cc(C#N)ccc2[n+]([O-])c1C(=O)OCC. The van der Waals surface area contributed by atoms with Crippen molar-refractivity contribution in [3.63, 3.8) is 0 Å². The number of hydrogen-bond donors (Lipinski definition) is 0. The monoisotopic (exact) mass is 314 g/mol. The van der Waals surface area contributed by atoms with Gasteiger partial charge in [0.1, 0.15) is 5.56 Å². The van der Waals surface area contributed by atoms with Crippen molar-refractivity contribution in [2.75, 3.05) is 13.2 Å². The van der Waals surface area contributed by atoms with Crippen molar-refractivity contribution in [1.82, 2.24) is 0 Å². The Balaban J connectivity index is 2.76. The molecule has 0 radical (unpaired) electrons. The smallest absolute Gasteiger partial charge is 0.405 e. The van der Waals surface area contributed by atoms with Crippen molar-refractivity contribution in [3.8, 4) is 6.07 Å². The molecule has 0 aliphatic carbocycles. The number of ether oxygens (including phenoxy) is 2. The predicted octanol–water partition coefficient (Wildman–Crippen LogP) is 1.70. The summed E-state index contributed by atoms with van der Waals surface area (Å²) in [4.78, 5) is 24.1. The van der Waals surface area contributed by atoms with Crippen molar-refractivity contribution in [2.24, 2.45) is 0 Å². The van der Waals surface area contributed by atoms with Crippen LogP contribution in [0.1, 0.15) is 40.3 Å². The maximum atomic E-state index is 12.5. The summed E-state index contributed by atoms with van der Waals surface area (Å²) in [5, 5.41) is 21.8. The van der Waals surface area contributed by atoms with E-state index in [4.69, 9.17) is 14.7 Å². The summed E-state index contributed by atoms with van der Waals surface area (Å²) in [5.41, 5.74) is -0.137. The molecule has 7 heteroatoms. The van der Waals surface area contributed by atoms with E-state index in [0.29, 0.717) is 15.7 Å². The van der Waals surface area contributed by atoms with Crippen molar-refractivity contribution in [3.05, 3.63) is 46.3 Å². The molecule has 0 spiro atoms. The van der Waals surface area contributed by atoms with Gasteiger partial charge >= 0.3 is 17.6 Å². The second-order valence-electron chi connectivity index (χ2n) is 4.53. The van der Waals surface area contributed by atoms with Gasteiger partial charge in [-0.2, -0.15) is 9.99 Å². The molecule has 0 unspecified atom stereocenters. The van der Waals surface area contributed by atoms with Crippen LogP contribution >= 0.6 is 0 Å². The predicted molar refractivity (Wildman–Crippen MR) is 79.5 cm³/mol. The first-order valence-corrected chi connectivity index (χ1v) is 6.98. The number of rotatable bonds is 4. The molecular formula is C16H14N2O5. The molecule has 2 rings (SSSR count). The Morgan fingerprint density at radius 3 is 2.43 bits per heavy atom. The molecule has 7 nitrogen and oxygen atoms in total. The van der Waals surface area contributed by atoms with Crippen LogP contribution in [0.3, 0.4) is 0 Å². The largest absolute Gasteiger partial charge is 0.618 e. The number of hydrogen-bond acceptors (Lipinski definition) is 6. The summed E-state index contributed by atoms with van der Waals surface area (Å²) >= 11 is 0. The van der Waals surface area contributed by atoms with Gasteiger partial charge in [-0.25, -0.2) is 9.59 Å². The summed E-state index contributed by atoms with van der Waals surface area (Å²) in [6.45, 7) is 3.36. The van der Waals surface area contributed by atoms with Crippen molar-refractivity contribution < 1.29 is 23.8 Å². The number of pyridine rings is 1. The van der Waals surface area contributed by atoms with E-state index in [2.05, 4.69) is 0 Å². The highest BCUT2D eigenvalue weighted by Gasteiger charge is 2.30. The molecule has 0 aliphatic rings. The zero-order valence-corrected chi connectivity index (χ0v) is 12.7. The molecular weight excluding hydrogens is 300 g/mol. The van der Waals surface area contributed by atoms with Gasteiger partial charge in [0, 0.05) is 11.5 Å². The number of nitriles is 1. The van der Waals surface area contributed by atoms with E-state index < -0.39 is 17.6 Å². The maximum Gasteiger partial charge on any atom is 0.405 e. The van der Waals surface area contributed by atoms with Crippen LogP contribution in [0.2, 0.25) is 0 Å². The molecule has 23 heavy (non-hydrogen) atoms. The number of benzene rings is 1. The quantitative estimate of drug-likeness (QED) is 0.483. The molecule has 0 N–H and O–H groups in total. The Morgan fingerprint density at radius 1 is 1.17 bits per heavy atom. The first-order chi connectivity index (χ1) is 11.0. The van der Waals surface area contributed by atoms with Gasteiger partial charge in [-0.3, -0.25) is 0 Å². The van der Waals surface area contributed by atoms with Gasteiger partial charge in [0.2, 0.25) is 5.52 Å². The van der Waals surface area contributed by atoms with Gasteiger partial charge in [-0.1, -0.05) is 0 Å². The number of nitrogens with zero attached hydrogens (tertiary/aromatic N) is 2. The van der Waals surface area contributed by atoms with E-state index in [9.17, 15) is 14.8 Å². The van der Waals surface area contributed by atoms with Gasteiger partial charge in [0.05, 0.1) is 24.8 Å². The molecule has 1 aromatic carbocycles. The van der Waals surface area contributed by atoms with Crippen LogP contribution in [0.25, 0.3) is 10.9 Å². The fourth-order valence-corrected chi connectivity index (χ4v) is 2.14. The highest BCUT2D eigenvalue weighted by Crippen LogP contribution is 2.18. The van der Waals surface area contributed by atoms with Crippen LogP contribution in [0.15, 0.2) is 24.3 Å². The van der Waals surface area contributed by atoms with E-state index in [0.717, 1.165) is 0 Å². The molecule has 0 amide bonds. The number of aromatic nitrogens is 1. The zero-order valence-electron chi connectivity index (χ0n) is 12.7. The van der Waals surface area contributed by atoms with Crippen LogP contribution in [-0.4, -0.2) is 25.2 Å². The third kappa shape index (κ3) is 3.06. The molecule has 0 atom stereocenters. The lowest BCUT2D eigenvalue weighted by Crippen LogP contribution is -2.39. The molecule has 0 saturated carbocycles. The normalized spacial score (nSPS) is 10.1. The average molecular weight is 314 g/mol. The highest BCUT2D eigenvalue weighted by atomic mass is 16.5. The first-order valence-electron chi connectivity index (χ1n) is 6.98. The number of carbonyl (C=O) groups excluding carboxylic acids is 2. The van der Waals surface area contributed by atoms with E-state index in [1.165, 1.54) is 24.3 Å². The minimum absolute atomic E-state index is 0.0620. The Kier molecular flexibility index (Phi) is 4.76. The summed E-state index contributed by atoms with van der Waals surface area (Å²) in [7, 11) is 0. The topological polar surface area (TPSA) is 103 Å². The lowest BCUT2D eigenvalue weighted by Gasteiger charge is -2.11. The molecule has 2 aromatic rings. The second-order valence-corrected chi connectivity index (χ2v) is 4.53. The van der Waals surface area contributed by atoms with Gasteiger partial charge in [0.15, 0.2) is 0 Å². The van der Waals surface area contributed by atoms with Crippen molar-refractivity contribution in [2.45, 2.75) is 13.8 Å². The number of fused-ring (bicyclic) bond motifs is 1. The lowest BCUT2D eigenvalue weighted by molar-refractivity contribution is -0.580. The summed E-state index contributed by atoms with van der Waals surface area (Å²) in [6.07, 6.45) is 0. The molecule has 0 aliphatic heterocycles. The van der Waals surface area contributed by atoms with E-state index in [1.54, 1.807) is 13.8 Å². The maximum absolute atomic E-state index is 12.5. The molecule has 1 aromatic heterocycles. The van der Waals surface area contributed by atoms with E-state index >= 15 is 0 Å². The van der Waals surface area contributed by atoms with E-state index in [-0.39, 0.29) is 24.3 Å². The Labute approximate surface area is 132 Å². The summed E-state index contributed by atoms with van der Waals surface area (Å²) in [5.74, 6) is -1.71. The van der Waals surface area contributed by atoms with Crippen LogP contribution in [0.5, 0.6) is 0 Å². The van der Waals surface area contributed by atoms with Crippen LogP contribution in [0, 0.1) is 16.5 Å². The molecule has 0 fully saturated rings. The van der Waals surface area contributed by atoms with Gasteiger partial charge in [0.25, 0.3) is 0 Å². The lowest BCUT2D eigenvalue weighted by atomic mass is 10.1. The number of esters is 2. The Hall–Kier alpha value is -3.14. The fraction of sp³-hybridized carbons (Fsp3) is 0.250. The van der Waals surface area contributed by atoms with Crippen LogP contribution in [0.4, 0.5) is 0 Å². The van der Waals surface area contributed by atoms with Crippen molar-refractivity contribution >= 4 is 22.8 Å². The zero-order chi connectivity index (χ0) is 17.0. The third-order valence-corrected chi connectivity index (χ3v) is 3.10. The van der Waals surface area contributed by atoms with Crippen molar-refractivity contribution in [1.29, 1.82) is 5.26 Å². The van der Waals surface area contributed by atoms with Crippen LogP contribution < -0.4 is 4.73 Å². The molecule has 1 heterocycles. The minimum atomic E-state index is -0.906. The van der Waals surface area contributed by atoms with Gasteiger partial charge in [-0.05, 0) is 32.0 Å². The van der Waals surface area contributed by atoms with E-state index in [1.807, 2.05) is 6.07 Å². The third-order valence-electron chi connectivity index (χ3n) is 3.10. The van der Waals surface area contributed by atoms with Crippen LogP contribution in [-0.2, 0) is 9.47 Å². The van der Waals surface area contributed by atoms with Gasteiger partial charge < -0.3 is 14.7 Å². The fourth-order valence-electron chi connectivity index (χ4n) is 2.14. The first kappa shape index (κ1) is 16.2. The molecule has 0 bridgehead atoms. The second kappa shape index (κ2) is 6.75. The average Bonchev–Trinajstić information content (AvgIpc) is 2.54. The standard InChI is InChI=1S/C16H14N2O5/c1-3-22-15(19)12-8-11-7-10(9-17)5-6-13(11)18(21)14(12)16(20)23-4-2/h5-8H,3-4H2,1-2H3. The highest BCUT2D eigenvalue weighted by molar-refractivity contribution is 6.03.